The van der Waals surface area contributed by atoms with Crippen LogP contribution in [0.4, 0.5) is 5.69 Å². The van der Waals surface area contributed by atoms with E-state index in [2.05, 4.69) is 22.6 Å². The van der Waals surface area contributed by atoms with Gasteiger partial charge in [0.05, 0.1) is 5.56 Å². The lowest BCUT2D eigenvalue weighted by Gasteiger charge is -2.18. The average molecular weight is 380 g/mol. The highest BCUT2D eigenvalue weighted by Crippen LogP contribution is 2.19. The van der Waals surface area contributed by atoms with E-state index in [1.165, 1.54) is 0 Å². The molecule has 0 fully saturated rings. The maximum absolute atomic E-state index is 12.5. The van der Waals surface area contributed by atoms with Crippen LogP contribution < -0.4 is 5.73 Å². The highest BCUT2D eigenvalue weighted by atomic mass is 127. The predicted octanol–water partition coefficient (Wildman–Crippen LogP) is 3.45. The molecule has 0 aromatic heterocycles. The van der Waals surface area contributed by atoms with Crippen molar-refractivity contribution in [2.75, 3.05) is 12.8 Å². The highest BCUT2D eigenvalue weighted by molar-refractivity contribution is 14.1. The fraction of sp³-hybridized carbons (Fsp3) is 0.188. The largest absolute Gasteiger partial charge is 0.399 e. The molecule has 4 heteroatoms. The van der Waals surface area contributed by atoms with Crippen LogP contribution in [0, 0.1) is 10.5 Å². The van der Waals surface area contributed by atoms with Crippen molar-refractivity contribution in [3.05, 3.63) is 62.7 Å². The Labute approximate surface area is 132 Å². The number of nitrogen functional groups attached to an aromatic ring is 1. The lowest BCUT2D eigenvalue weighted by molar-refractivity contribution is 0.0784. The lowest BCUT2D eigenvalue weighted by Crippen LogP contribution is -2.27. The number of nitrogens with two attached hydrogens (primary N) is 1. The molecule has 0 unspecified atom stereocenters. The minimum atomic E-state index is 0.0370. The van der Waals surface area contributed by atoms with Gasteiger partial charge in [-0.25, -0.2) is 0 Å². The first kappa shape index (κ1) is 14.8. The van der Waals surface area contributed by atoms with Gasteiger partial charge in [-0.15, -0.1) is 0 Å². The van der Waals surface area contributed by atoms with E-state index in [0.717, 1.165) is 25.9 Å². The number of hydrogen-bond donors (Lipinski definition) is 1. The fourth-order valence-corrected chi connectivity index (χ4v) is 2.58. The molecule has 0 radical (unpaired) electrons. The maximum Gasteiger partial charge on any atom is 0.254 e. The Morgan fingerprint density at radius 2 is 1.85 bits per heavy atom. The summed E-state index contributed by atoms with van der Waals surface area (Å²) in [4.78, 5) is 14.2. The van der Waals surface area contributed by atoms with E-state index in [1.54, 1.807) is 4.90 Å². The quantitative estimate of drug-likeness (QED) is 0.655. The molecule has 2 N–H and O–H groups in total. The van der Waals surface area contributed by atoms with Gasteiger partial charge in [0.25, 0.3) is 5.91 Å². The summed E-state index contributed by atoms with van der Waals surface area (Å²) in [6, 6.07) is 13.4. The number of rotatable bonds is 3. The predicted molar refractivity (Wildman–Crippen MR) is 90.5 cm³/mol. The van der Waals surface area contributed by atoms with E-state index in [4.69, 9.17) is 5.73 Å². The van der Waals surface area contributed by atoms with Crippen LogP contribution in [0.1, 0.15) is 21.5 Å². The number of carbonyl (C=O) groups is 1. The van der Waals surface area contributed by atoms with Crippen LogP contribution in [0.3, 0.4) is 0 Å². The molecule has 0 heterocycles. The van der Waals surface area contributed by atoms with Gasteiger partial charge in [0.1, 0.15) is 0 Å². The van der Waals surface area contributed by atoms with Crippen molar-refractivity contribution in [2.24, 2.45) is 0 Å². The third-order valence-electron chi connectivity index (χ3n) is 3.17. The smallest absolute Gasteiger partial charge is 0.254 e. The van der Waals surface area contributed by atoms with E-state index in [-0.39, 0.29) is 5.91 Å². The van der Waals surface area contributed by atoms with Gasteiger partial charge in [0, 0.05) is 22.8 Å². The third-order valence-corrected chi connectivity index (χ3v) is 4.60. The molecule has 0 atom stereocenters. The van der Waals surface area contributed by atoms with Crippen LogP contribution in [0.2, 0.25) is 0 Å². The van der Waals surface area contributed by atoms with Crippen molar-refractivity contribution in [1.29, 1.82) is 0 Å². The number of amides is 1. The summed E-state index contributed by atoms with van der Waals surface area (Å²) in [5.41, 5.74) is 9.34. The number of benzene rings is 2. The van der Waals surface area contributed by atoms with Crippen LogP contribution in [0.5, 0.6) is 0 Å². The summed E-state index contributed by atoms with van der Waals surface area (Å²) < 4.78 is 1.01. The van der Waals surface area contributed by atoms with E-state index < -0.39 is 0 Å². The molecular weight excluding hydrogens is 363 g/mol. The topological polar surface area (TPSA) is 46.3 Å². The Kier molecular flexibility index (Phi) is 4.65. The Morgan fingerprint density at radius 3 is 2.50 bits per heavy atom. The summed E-state index contributed by atoms with van der Waals surface area (Å²) in [5.74, 6) is 0.0370. The standard InChI is InChI=1S/C16H17IN2O/c1-11-4-3-5-14(15(11)17)16(20)19(2)10-12-6-8-13(18)9-7-12/h3-9H,10,18H2,1-2H3. The van der Waals surface area contributed by atoms with Crippen LogP contribution in [0.25, 0.3) is 0 Å². The molecule has 0 saturated carbocycles. The number of aryl methyl sites for hydroxylation is 1. The van der Waals surface area contributed by atoms with Crippen LogP contribution in [0.15, 0.2) is 42.5 Å². The van der Waals surface area contributed by atoms with Crippen molar-refractivity contribution in [3.8, 4) is 0 Å². The first-order valence-electron chi connectivity index (χ1n) is 6.34. The van der Waals surface area contributed by atoms with E-state index >= 15 is 0 Å². The average Bonchev–Trinajstić information content (AvgIpc) is 2.43. The van der Waals surface area contributed by atoms with Gasteiger partial charge in [-0.2, -0.15) is 0 Å². The molecule has 3 nitrogen and oxygen atoms in total. The van der Waals surface area contributed by atoms with Crippen molar-refractivity contribution in [3.63, 3.8) is 0 Å². The lowest BCUT2D eigenvalue weighted by atomic mass is 10.1. The SMILES string of the molecule is Cc1cccc(C(=O)N(C)Cc2ccc(N)cc2)c1I. The second-order valence-corrected chi connectivity index (χ2v) is 5.92. The number of nitrogens with zero attached hydrogens (tertiary/aromatic N) is 1. The number of anilines is 1. The minimum absolute atomic E-state index is 0.0370. The molecule has 2 aromatic rings. The molecule has 0 aliphatic heterocycles. The molecule has 2 rings (SSSR count). The second kappa shape index (κ2) is 6.26. The zero-order valence-corrected chi connectivity index (χ0v) is 13.7. The third kappa shape index (κ3) is 3.30. The Balaban J connectivity index is 2.16. The molecule has 0 aliphatic carbocycles. The molecule has 2 aromatic carbocycles. The van der Waals surface area contributed by atoms with Gasteiger partial charge in [0.15, 0.2) is 0 Å². The van der Waals surface area contributed by atoms with E-state index in [0.29, 0.717) is 6.54 Å². The summed E-state index contributed by atoms with van der Waals surface area (Å²) in [6.07, 6.45) is 0. The number of carbonyl (C=O) groups excluding carboxylic acids is 1. The Morgan fingerprint density at radius 1 is 1.20 bits per heavy atom. The molecular formula is C16H17IN2O. The minimum Gasteiger partial charge on any atom is -0.399 e. The zero-order valence-electron chi connectivity index (χ0n) is 11.6. The van der Waals surface area contributed by atoms with Gasteiger partial charge in [-0.3, -0.25) is 4.79 Å². The van der Waals surface area contributed by atoms with Crippen molar-refractivity contribution < 1.29 is 4.79 Å². The molecule has 104 valence electrons. The summed E-state index contributed by atoms with van der Waals surface area (Å²) in [7, 11) is 1.82. The van der Waals surface area contributed by atoms with Crippen LogP contribution in [-0.4, -0.2) is 17.9 Å². The van der Waals surface area contributed by atoms with Gasteiger partial charge in [0.2, 0.25) is 0 Å². The summed E-state index contributed by atoms with van der Waals surface area (Å²) in [5, 5.41) is 0. The molecule has 0 aliphatic rings. The molecule has 0 bridgehead atoms. The summed E-state index contributed by atoms with van der Waals surface area (Å²) >= 11 is 2.22. The van der Waals surface area contributed by atoms with Crippen LogP contribution >= 0.6 is 22.6 Å². The van der Waals surface area contributed by atoms with Crippen molar-refractivity contribution >= 4 is 34.2 Å². The number of hydrogen-bond acceptors (Lipinski definition) is 2. The number of halogens is 1. The first-order valence-corrected chi connectivity index (χ1v) is 7.42. The first-order chi connectivity index (χ1) is 9.49. The Hall–Kier alpha value is -1.56. The van der Waals surface area contributed by atoms with Gasteiger partial charge < -0.3 is 10.6 Å². The maximum atomic E-state index is 12.5. The highest BCUT2D eigenvalue weighted by Gasteiger charge is 2.15. The Bertz CT molecular complexity index is 623. The second-order valence-electron chi connectivity index (χ2n) is 4.84. The molecule has 20 heavy (non-hydrogen) atoms. The van der Waals surface area contributed by atoms with Crippen LogP contribution in [-0.2, 0) is 6.54 Å². The normalized spacial score (nSPS) is 10.3. The molecule has 0 spiro atoms. The van der Waals surface area contributed by atoms with Gasteiger partial charge in [-0.1, -0.05) is 24.3 Å². The monoisotopic (exact) mass is 380 g/mol. The molecule has 1 amide bonds. The van der Waals surface area contributed by atoms with E-state index in [1.807, 2.05) is 56.4 Å². The fourth-order valence-electron chi connectivity index (χ4n) is 1.99. The summed E-state index contributed by atoms with van der Waals surface area (Å²) in [6.45, 7) is 2.58. The van der Waals surface area contributed by atoms with Crippen molar-refractivity contribution in [1.82, 2.24) is 4.90 Å². The van der Waals surface area contributed by atoms with Crippen molar-refractivity contribution in [2.45, 2.75) is 13.5 Å². The van der Waals surface area contributed by atoms with E-state index in [9.17, 15) is 4.79 Å². The zero-order chi connectivity index (χ0) is 14.7. The van der Waals surface area contributed by atoms with Gasteiger partial charge >= 0.3 is 0 Å². The van der Waals surface area contributed by atoms with Gasteiger partial charge in [-0.05, 0) is 58.8 Å². The molecule has 0 saturated heterocycles.